The first-order valence-corrected chi connectivity index (χ1v) is 9.57. The molecular weight excluding hydrogens is 330 g/mol. The molecule has 1 atom stereocenters. The van der Waals surface area contributed by atoms with E-state index in [0.717, 1.165) is 12.0 Å². The molecule has 0 fully saturated rings. The van der Waals surface area contributed by atoms with E-state index in [9.17, 15) is 9.90 Å². The minimum absolute atomic E-state index is 0.200. The first-order chi connectivity index (χ1) is 12.0. The molecule has 2 N–H and O–H groups in total. The fourth-order valence-electron chi connectivity index (χ4n) is 2.37. The van der Waals surface area contributed by atoms with E-state index in [-0.39, 0.29) is 12.5 Å². The largest absolute Gasteiger partial charge is 0.388 e. The van der Waals surface area contributed by atoms with Crippen LogP contribution in [0.4, 0.5) is 0 Å². The highest BCUT2D eigenvalue weighted by Crippen LogP contribution is 2.16. The Morgan fingerprint density at radius 2 is 1.84 bits per heavy atom. The molecule has 132 valence electrons. The smallest absolute Gasteiger partial charge is 0.244 e. The lowest BCUT2D eigenvalue weighted by atomic mass is 9.97. The van der Waals surface area contributed by atoms with Crippen molar-refractivity contribution in [2.24, 2.45) is 0 Å². The first-order valence-electron chi connectivity index (χ1n) is 8.35. The van der Waals surface area contributed by atoms with Gasteiger partial charge in [0.05, 0.1) is 5.60 Å². The third-order valence-corrected chi connectivity index (χ3v) is 4.73. The Labute approximate surface area is 154 Å². The van der Waals surface area contributed by atoms with Crippen molar-refractivity contribution >= 4 is 23.7 Å². The van der Waals surface area contributed by atoms with Crippen LogP contribution in [0.1, 0.15) is 24.5 Å². The van der Waals surface area contributed by atoms with Crippen molar-refractivity contribution in [1.29, 1.82) is 0 Å². The minimum Gasteiger partial charge on any atom is -0.388 e. The summed E-state index contributed by atoms with van der Waals surface area (Å²) in [6, 6.07) is 18.0. The summed E-state index contributed by atoms with van der Waals surface area (Å²) in [6.07, 6.45) is 6.68. The number of amides is 1. The Balaban J connectivity index is 1.78. The lowest BCUT2D eigenvalue weighted by molar-refractivity contribution is -0.117. The van der Waals surface area contributed by atoms with Crippen LogP contribution in [0.15, 0.2) is 65.6 Å². The number of rotatable bonds is 8. The van der Waals surface area contributed by atoms with E-state index in [1.54, 1.807) is 24.8 Å². The number of hydrogen-bond acceptors (Lipinski definition) is 3. The number of nitrogens with one attached hydrogen (secondary N) is 1. The van der Waals surface area contributed by atoms with E-state index < -0.39 is 5.60 Å². The van der Waals surface area contributed by atoms with E-state index in [0.29, 0.717) is 6.42 Å². The normalized spacial score (nSPS) is 13.6. The topological polar surface area (TPSA) is 49.3 Å². The number of carbonyl (C=O) groups is 1. The van der Waals surface area contributed by atoms with Crippen LogP contribution in [-0.2, 0) is 11.2 Å². The van der Waals surface area contributed by atoms with Gasteiger partial charge < -0.3 is 10.4 Å². The highest BCUT2D eigenvalue weighted by atomic mass is 32.2. The molecule has 0 bridgehead atoms. The van der Waals surface area contributed by atoms with Crippen molar-refractivity contribution in [3.8, 4) is 0 Å². The quantitative estimate of drug-likeness (QED) is 0.557. The average Bonchev–Trinajstić information content (AvgIpc) is 2.64. The Kier molecular flexibility index (Phi) is 7.29. The van der Waals surface area contributed by atoms with Gasteiger partial charge in [0.15, 0.2) is 0 Å². The monoisotopic (exact) mass is 355 g/mol. The number of aryl methyl sites for hydroxylation is 1. The molecule has 4 heteroatoms. The van der Waals surface area contributed by atoms with Gasteiger partial charge >= 0.3 is 0 Å². The summed E-state index contributed by atoms with van der Waals surface area (Å²) >= 11 is 1.68. The Hall–Kier alpha value is -2.04. The van der Waals surface area contributed by atoms with Crippen molar-refractivity contribution in [2.45, 2.75) is 30.3 Å². The maximum absolute atomic E-state index is 11.9. The van der Waals surface area contributed by atoms with Crippen LogP contribution in [0, 0.1) is 0 Å². The van der Waals surface area contributed by atoms with Gasteiger partial charge in [0, 0.05) is 17.5 Å². The lowest BCUT2D eigenvalue weighted by Crippen LogP contribution is -2.40. The molecule has 0 spiro atoms. The van der Waals surface area contributed by atoms with Gasteiger partial charge in [-0.15, -0.1) is 11.8 Å². The number of hydrogen-bond donors (Lipinski definition) is 2. The number of benzene rings is 2. The summed E-state index contributed by atoms with van der Waals surface area (Å²) in [4.78, 5) is 13.1. The fourth-order valence-corrected chi connectivity index (χ4v) is 2.78. The van der Waals surface area contributed by atoms with E-state index in [4.69, 9.17) is 0 Å². The maximum Gasteiger partial charge on any atom is 0.244 e. The van der Waals surface area contributed by atoms with Gasteiger partial charge in [0.2, 0.25) is 5.91 Å². The van der Waals surface area contributed by atoms with Crippen LogP contribution in [0.3, 0.4) is 0 Å². The molecule has 0 heterocycles. The lowest BCUT2D eigenvalue weighted by Gasteiger charge is -2.23. The SMILES string of the molecule is CSc1ccc(/C=C/C(=O)NCC(C)(O)CCc2ccccc2)cc1. The Morgan fingerprint density at radius 3 is 2.48 bits per heavy atom. The zero-order valence-electron chi connectivity index (χ0n) is 14.7. The molecule has 0 radical (unpaired) electrons. The zero-order chi connectivity index (χ0) is 18.1. The molecule has 0 aliphatic heterocycles. The molecule has 1 unspecified atom stereocenters. The molecule has 1 amide bonds. The molecule has 0 aliphatic carbocycles. The van der Waals surface area contributed by atoms with Gasteiger partial charge in [-0.1, -0.05) is 42.5 Å². The molecule has 3 nitrogen and oxygen atoms in total. The predicted octanol–water partition coefficient (Wildman–Crippen LogP) is 3.92. The molecule has 2 aromatic rings. The third-order valence-electron chi connectivity index (χ3n) is 3.98. The van der Waals surface area contributed by atoms with Crippen molar-refractivity contribution in [3.63, 3.8) is 0 Å². The van der Waals surface area contributed by atoms with Gasteiger partial charge in [-0.25, -0.2) is 0 Å². The van der Waals surface area contributed by atoms with E-state index >= 15 is 0 Å². The standard InChI is InChI=1S/C21H25NO2S/c1-21(24,15-14-17-6-4-3-5-7-17)16-22-20(23)13-10-18-8-11-19(25-2)12-9-18/h3-13,24H,14-16H2,1-2H3,(H,22,23)/b13-10+. The number of thioether (sulfide) groups is 1. The average molecular weight is 356 g/mol. The molecule has 0 aromatic heterocycles. The Bertz CT molecular complexity index is 694. The highest BCUT2D eigenvalue weighted by Gasteiger charge is 2.20. The van der Waals surface area contributed by atoms with Crippen LogP contribution >= 0.6 is 11.8 Å². The van der Waals surface area contributed by atoms with Crippen LogP contribution in [0.25, 0.3) is 6.08 Å². The summed E-state index contributed by atoms with van der Waals surface area (Å²) in [6.45, 7) is 1.98. The summed E-state index contributed by atoms with van der Waals surface area (Å²) in [5.41, 5.74) is 1.23. The summed E-state index contributed by atoms with van der Waals surface area (Å²) in [7, 11) is 0. The van der Waals surface area contributed by atoms with Gasteiger partial charge in [-0.05, 0) is 55.4 Å². The third kappa shape index (κ3) is 7.16. The molecule has 0 saturated carbocycles. The van der Waals surface area contributed by atoms with Crippen molar-refractivity contribution in [1.82, 2.24) is 5.32 Å². The van der Waals surface area contributed by atoms with Gasteiger partial charge in [-0.2, -0.15) is 0 Å². The van der Waals surface area contributed by atoms with Gasteiger partial charge in [0.1, 0.15) is 0 Å². The number of carbonyl (C=O) groups excluding carboxylic acids is 1. The van der Waals surface area contributed by atoms with Gasteiger partial charge in [-0.3, -0.25) is 4.79 Å². The molecule has 25 heavy (non-hydrogen) atoms. The van der Waals surface area contributed by atoms with Crippen molar-refractivity contribution in [2.75, 3.05) is 12.8 Å². The van der Waals surface area contributed by atoms with Gasteiger partial charge in [0.25, 0.3) is 0 Å². The molecule has 2 rings (SSSR count). The zero-order valence-corrected chi connectivity index (χ0v) is 15.6. The maximum atomic E-state index is 11.9. The fraction of sp³-hybridized carbons (Fsp3) is 0.286. The van der Waals surface area contributed by atoms with Crippen LogP contribution in [0.2, 0.25) is 0 Å². The minimum atomic E-state index is -0.931. The second-order valence-electron chi connectivity index (χ2n) is 6.31. The molecule has 2 aromatic carbocycles. The van der Waals surface area contributed by atoms with E-state index in [2.05, 4.69) is 5.32 Å². The summed E-state index contributed by atoms with van der Waals surface area (Å²) < 4.78 is 0. The Morgan fingerprint density at radius 1 is 1.16 bits per heavy atom. The van der Waals surface area contributed by atoms with Crippen molar-refractivity contribution < 1.29 is 9.90 Å². The summed E-state index contributed by atoms with van der Waals surface area (Å²) in [5, 5.41) is 13.2. The molecule has 0 saturated heterocycles. The predicted molar refractivity (Wildman–Crippen MR) is 106 cm³/mol. The number of aliphatic hydroxyl groups is 1. The van der Waals surface area contributed by atoms with Crippen LogP contribution in [0.5, 0.6) is 0 Å². The van der Waals surface area contributed by atoms with E-state index in [1.807, 2.05) is 60.9 Å². The van der Waals surface area contributed by atoms with Crippen molar-refractivity contribution in [3.05, 3.63) is 71.8 Å². The molecular formula is C21H25NO2S. The van der Waals surface area contributed by atoms with E-state index in [1.165, 1.54) is 16.5 Å². The first kappa shape index (κ1) is 19.3. The second kappa shape index (κ2) is 9.44. The molecule has 0 aliphatic rings. The second-order valence-corrected chi connectivity index (χ2v) is 7.19. The highest BCUT2D eigenvalue weighted by molar-refractivity contribution is 7.98. The van der Waals surface area contributed by atoms with Crippen LogP contribution in [-0.4, -0.2) is 29.4 Å². The van der Waals surface area contributed by atoms with Crippen LogP contribution < -0.4 is 5.32 Å². The summed E-state index contributed by atoms with van der Waals surface area (Å²) in [5.74, 6) is -0.200.